The Morgan fingerprint density at radius 2 is 2.22 bits per heavy atom. The van der Waals surface area contributed by atoms with Gasteiger partial charge in [-0.05, 0) is 24.1 Å². The molecule has 3 nitrogen and oxygen atoms in total. The molecule has 0 aromatic heterocycles. The maximum Gasteiger partial charge on any atom is 0.123 e. The normalized spacial score (nSPS) is 26.6. The Labute approximate surface area is 106 Å². The van der Waals surface area contributed by atoms with Crippen molar-refractivity contribution in [3.05, 3.63) is 35.6 Å². The van der Waals surface area contributed by atoms with Crippen LogP contribution in [0.3, 0.4) is 0 Å². The van der Waals surface area contributed by atoms with Gasteiger partial charge in [-0.25, -0.2) is 4.39 Å². The molecule has 2 aliphatic rings. The smallest absolute Gasteiger partial charge is 0.123 e. The lowest BCUT2D eigenvalue weighted by Gasteiger charge is -2.44. The molecule has 1 aromatic rings. The molecule has 2 heterocycles. The number of benzene rings is 1. The molecule has 1 atom stereocenters. The molecule has 3 rings (SSSR count). The average molecular weight is 251 g/mol. The van der Waals surface area contributed by atoms with Gasteiger partial charge in [-0.15, -0.1) is 0 Å². The van der Waals surface area contributed by atoms with E-state index >= 15 is 0 Å². The minimum atomic E-state index is -0.174. The number of rotatable bonds is 3. The predicted molar refractivity (Wildman–Crippen MR) is 66.1 cm³/mol. The first-order valence-electron chi connectivity index (χ1n) is 6.43. The summed E-state index contributed by atoms with van der Waals surface area (Å²) in [6.45, 7) is 3.76. The highest BCUT2D eigenvalue weighted by Crippen LogP contribution is 2.37. The first-order chi connectivity index (χ1) is 8.78. The molecule has 0 saturated carbocycles. The lowest BCUT2D eigenvalue weighted by atomic mass is 9.73. The lowest BCUT2D eigenvalue weighted by molar-refractivity contribution is -0.0754. The third kappa shape index (κ3) is 2.28. The standard InChI is InChI=1S/C14H18FNO2/c15-12-3-1-2-11(6-12)14(9-18-10-14)7-13-8-17-5-4-16-13/h1-3,6,13,16H,4-5,7-10H2. The summed E-state index contributed by atoms with van der Waals surface area (Å²) in [6.07, 6.45) is 0.941. The van der Waals surface area contributed by atoms with Crippen LogP contribution in [0.1, 0.15) is 12.0 Å². The van der Waals surface area contributed by atoms with Gasteiger partial charge in [-0.3, -0.25) is 0 Å². The first-order valence-corrected chi connectivity index (χ1v) is 6.43. The Morgan fingerprint density at radius 1 is 1.33 bits per heavy atom. The molecule has 4 heteroatoms. The molecule has 0 bridgehead atoms. The maximum atomic E-state index is 13.4. The molecule has 0 aliphatic carbocycles. The van der Waals surface area contributed by atoms with Crippen molar-refractivity contribution in [2.45, 2.75) is 17.9 Å². The van der Waals surface area contributed by atoms with E-state index < -0.39 is 0 Å². The van der Waals surface area contributed by atoms with Crippen molar-refractivity contribution in [1.82, 2.24) is 5.32 Å². The summed E-state index contributed by atoms with van der Waals surface area (Å²) >= 11 is 0. The van der Waals surface area contributed by atoms with E-state index in [-0.39, 0.29) is 11.2 Å². The Hall–Kier alpha value is -0.970. The van der Waals surface area contributed by atoms with Gasteiger partial charge in [0.15, 0.2) is 0 Å². The maximum absolute atomic E-state index is 13.4. The zero-order valence-electron chi connectivity index (χ0n) is 10.3. The molecule has 2 aliphatic heterocycles. The lowest BCUT2D eigenvalue weighted by Crippen LogP contribution is -2.53. The van der Waals surface area contributed by atoms with Crippen molar-refractivity contribution in [2.75, 3.05) is 33.0 Å². The summed E-state index contributed by atoms with van der Waals surface area (Å²) in [5, 5.41) is 3.45. The van der Waals surface area contributed by atoms with Crippen molar-refractivity contribution >= 4 is 0 Å². The second kappa shape index (κ2) is 4.96. The highest BCUT2D eigenvalue weighted by Gasteiger charge is 2.42. The molecule has 0 amide bonds. The van der Waals surface area contributed by atoms with E-state index in [9.17, 15) is 4.39 Å². The van der Waals surface area contributed by atoms with E-state index in [2.05, 4.69) is 5.32 Å². The van der Waals surface area contributed by atoms with Crippen LogP contribution in [0, 0.1) is 5.82 Å². The topological polar surface area (TPSA) is 30.5 Å². The number of morpholine rings is 1. The minimum Gasteiger partial charge on any atom is -0.379 e. The third-order valence-electron chi connectivity index (χ3n) is 3.83. The molecular formula is C14H18FNO2. The van der Waals surface area contributed by atoms with E-state index in [1.54, 1.807) is 12.1 Å². The SMILES string of the molecule is Fc1cccc(C2(CC3COCCN3)COC2)c1. The Bertz CT molecular complexity index is 414. The highest BCUT2D eigenvalue weighted by atomic mass is 19.1. The molecule has 0 spiro atoms. The summed E-state index contributed by atoms with van der Waals surface area (Å²) in [5.41, 5.74) is 1.00. The average Bonchev–Trinajstić information content (AvgIpc) is 2.35. The van der Waals surface area contributed by atoms with E-state index in [1.807, 2.05) is 6.07 Å². The van der Waals surface area contributed by atoms with Crippen LogP contribution >= 0.6 is 0 Å². The van der Waals surface area contributed by atoms with Crippen molar-refractivity contribution in [3.8, 4) is 0 Å². The molecule has 1 unspecified atom stereocenters. The number of halogens is 1. The third-order valence-corrected chi connectivity index (χ3v) is 3.83. The second-order valence-corrected chi connectivity index (χ2v) is 5.21. The summed E-state index contributed by atoms with van der Waals surface area (Å²) in [4.78, 5) is 0. The number of nitrogens with one attached hydrogen (secondary N) is 1. The van der Waals surface area contributed by atoms with E-state index in [1.165, 1.54) is 6.07 Å². The van der Waals surface area contributed by atoms with Crippen LogP contribution in [0.25, 0.3) is 0 Å². The van der Waals surface area contributed by atoms with E-state index in [4.69, 9.17) is 9.47 Å². The fourth-order valence-corrected chi connectivity index (χ4v) is 2.79. The molecule has 18 heavy (non-hydrogen) atoms. The fourth-order valence-electron chi connectivity index (χ4n) is 2.79. The number of hydrogen-bond acceptors (Lipinski definition) is 3. The zero-order chi connectivity index (χ0) is 12.4. The summed E-state index contributed by atoms with van der Waals surface area (Å²) < 4.78 is 24.2. The van der Waals surface area contributed by atoms with Gasteiger partial charge in [0, 0.05) is 18.0 Å². The van der Waals surface area contributed by atoms with Gasteiger partial charge in [-0.1, -0.05) is 12.1 Å². The van der Waals surface area contributed by atoms with E-state index in [0.717, 1.165) is 31.7 Å². The zero-order valence-corrected chi connectivity index (χ0v) is 10.3. The number of hydrogen-bond donors (Lipinski definition) is 1. The van der Waals surface area contributed by atoms with Crippen LogP contribution in [0.5, 0.6) is 0 Å². The molecule has 2 saturated heterocycles. The molecule has 1 N–H and O–H groups in total. The van der Waals surface area contributed by atoms with Gasteiger partial charge in [0.1, 0.15) is 5.82 Å². The van der Waals surface area contributed by atoms with Crippen LogP contribution in [0.2, 0.25) is 0 Å². The summed E-state index contributed by atoms with van der Waals surface area (Å²) in [5.74, 6) is -0.174. The molecule has 98 valence electrons. The Kier molecular flexibility index (Phi) is 3.33. The van der Waals surface area contributed by atoms with Gasteiger partial charge in [0.2, 0.25) is 0 Å². The molecular weight excluding hydrogens is 233 g/mol. The summed E-state index contributed by atoms with van der Waals surface area (Å²) in [7, 11) is 0. The highest BCUT2D eigenvalue weighted by molar-refractivity contribution is 5.29. The van der Waals surface area contributed by atoms with Crippen LogP contribution in [0.4, 0.5) is 4.39 Å². The van der Waals surface area contributed by atoms with Gasteiger partial charge in [0.05, 0.1) is 26.4 Å². The van der Waals surface area contributed by atoms with Crippen molar-refractivity contribution in [2.24, 2.45) is 0 Å². The number of ether oxygens (including phenoxy) is 2. The fraction of sp³-hybridized carbons (Fsp3) is 0.571. The second-order valence-electron chi connectivity index (χ2n) is 5.21. The monoisotopic (exact) mass is 251 g/mol. The van der Waals surface area contributed by atoms with Gasteiger partial charge >= 0.3 is 0 Å². The van der Waals surface area contributed by atoms with Crippen LogP contribution < -0.4 is 5.32 Å². The molecule has 2 fully saturated rings. The van der Waals surface area contributed by atoms with Crippen LogP contribution in [0.15, 0.2) is 24.3 Å². The quantitative estimate of drug-likeness (QED) is 0.882. The van der Waals surface area contributed by atoms with E-state index in [0.29, 0.717) is 19.3 Å². The largest absolute Gasteiger partial charge is 0.379 e. The van der Waals surface area contributed by atoms with Crippen LogP contribution in [-0.4, -0.2) is 39.0 Å². The summed E-state index contributed by atoms with van der Waals surface area (Å²) in [6, 6.07) is 7.22. The van der Waals surface area contributed by atoms with Crippen molar-refractivity contribution in [3.63, 3.8) is 0 Å². The first kappa shape index (κ1) is 12.1. The molecule has 0 radical (unpaired) electrons. The molecule has 1 aromatic carbocycles. The van der Waals surface area contributed by atoms with Gasteiger partial charge < -0.3 is 14.8 Å². The van der Waals surface area contributed by atoms with Crippen molar-refractivity contribution in [1.29, 1.82) is 0 Å². The van der Waals surface area contributed by atoms with Crippen LogP contribution in [-0.2, 0) is 14.9 Å². The van der Waals surface area contributed by atoms with Gasteiger partial charge in [-0.2, -0.15) is 0 Å². The van der Waals surface area contributed by atoms with Crippen molar-refractivity contribution < 1.29 is 13.9 Å². The predicted octanol–water partition coefficient (Wildman–Crippen LogP) is 1.47. The Balaban J connectivity index is 1.77. The minimum absolute atomic E-state index is 0.0412. The van der Waals surface area contributed by atoms with Gasteiger partial charge in [0.25, 0.3) is 0 Å². The Morgan fingerprint density at radius 3 is 2.83 bits per heavy atom.